The summed E-state index contributed by atoms with van der Waals surface area (Å²) in [6.45, 7) is 6.66. The molecule has 50 heavy (non-hydrogen) atoms. The Hall–Kier alpha value is -1.92. The summed E-state index contributed by atoms with van der Waals surface area (Å²) >= 11 is 0. The van der Waals surface area contributed by atoms with Crippen LogP contribution in [0.5, 0.6) is 0 Å². The molecule has 0 heterocycles. The average molecular weight is 707 g/mol. The third-order valence-corrected chi connectivity index (χ3v) is 11.2. The van der Waals surface area contributed by atoms with Gasteiger partial charge in [0.2, 0.25) is 0 Å². The number of ketones is 1. The molecule has 7 nitrogen and oxygen atoms in total. The zero-order valence-electron chi connectivity index (χ0n) is 32.9. The van der Waals surface area contributed by atoms with Crippen molar-refractivity contribution in [2.75, 3.05) is 0 Å². The van der Waals surface area contributed by atoms with Gasteiger partial charge < -0.3 is 5.11 Å². The number of carboxylic acid groups (broad SMARTS) is 1. The molecule has 1 rings (SSSR count). The highest BCUT2D eigenvalue weighted by atomic mass is 17.2. The van der Waals surface area contributed by atoms with Crippen LogP contribution in [0.3, 0.4) is 0 Å². The van der Waals surface area contributed by atoms with Crippen LogP contribution < -0.4 is 0 Å². The molecular formula is C43H78O7. The Morgan fingerprint density at radius 2 is 0.820 bits per heavy atom. The maximum atomic E-state index is 13.7. The number of rotatable bonds is 36. The van der Waals surface area contributed by atoms with E-state index in [4.69, 9.17) is 9.78 Å². The molecule has 292 valence electrons. The lowest BCUT2D eigenvalue weighted by molar-refractivity contribution is -0.264. The summed E-state index contributed by atoms with van der Waals surface area (Å²) in [7, 11) is 0. The van der Waals surface area contributed by atoms with Crippen molar-refractivity contribution in [1.82, 2.24) is 0 Å². The van der Waals surface area contributed by atoms with Gasteiger partial charge in [-0.15, -0.1) is 0 Å². The van der Waals surface area contributed by atoms with Gasteiger partial charge in [-0.2, -0.15) is 0 Å². The van der Waals surface area contributed by atoms with Crippen molar-refractivity contribution in [3.8, 4) is 0 Å². The van der Waals surface area contributed by atoms with Crippen molar-refractivity contribution in [3.05, 3.63) is 0 Å². The first-order chi connectivity index (χ1) is 24.3. The molecule has 2 unspecified atom stereocenters. The monoisotopic (exact) mass is 707 g/mol. The Balaban J connectivity index is 2.65. The van der Waals surface area contributed by atoms with Crippen molar-refractivity contribution in [2.45, 2.75) is 239 Å². The summed E-state index contributed by atoms with van der Waals surface area (Å²) in [6.07, 6.45) is 34.3. The molecule has 1 fully saturated rings. The molecule has 0 radical (unpaired) electrons. The van der Waals surface area contributed by atoms with Crippen LogP contribution in [-0.2, 0) is 29.0 Å². The molecule has 0 aromatic carbocycles. The number of carboxylic acids is 1. The molecule has 1 aliphatic rings. The minimum atomic E-state index is -1.54. The number of carbonyl (C=O) groups is 4. The highest BCUT2D eigenvalue weighted by Crippen LogP contribution is 2.68. The smallest absolute Gasteiger partial charge is 0.370 e. The van der Waals surface area contributed by atoms with Crippen LogP contribution in [-0.4, -0.2) is 28.8 Å². The summed E-state index contributed by atoms with van der Waals surface area (Å²) in [6, 6.07) is 0. The first-order valence-electron chi connectivity index (χ1n) is 21.5. The van der Waals surface area contributed by atoms with Crippen LogP contribution in [0.1, 0.15) is 239 Å². The van der Waals surface area contributed by atoms with Gasteiger partial charge >= 0.3 is 17.9 Å². The van der Waals surface area contributed by atoms with Crippen molar-refractivity contribution in [2.24, 2.45) is 10.8 Å². The highest BCUT2D eigenvalue weighted by Gasteiger charge is 2.81. The van der Waals surface area contributed by atoms with Gasteiger partial charge in [-0.25, -0.2) is 19.4 Å². The standard InChI is InChI=1S/C43H78O7/c1-4-7-10-13-16-19-21-22-25-28-31-34-39(46)49-50-41(48)43(36-33-30-27-24-20-17-14-11-8-5-2)40(47)42(43,37-38(44)45)35-32-29-26-23-18-15-12-9-6-3/h4-37H2,1-3H3,(H,44,45). The predicted octanol–water partition coefficient (Wildman–Crippen LogP) is 13.0. The summed E-state index contributed by atoms with van der Waals surface area (Å²) < 4.78 is 0. The van der Waals surface area contributed by atoms with Crippen molar-refractivity contribution < 1.29 is 34.1 Å². The van der Waals surface area contributed by atoms with Crippen LogP contribution in [0.15, 0.2) is 0 Å². The summed E-state index contributed by atoms with van der Waals surface area (Å²) in [5, 5.41) is 9.87. The van der Waals surface area contributed by atoms with E-state index < -0.39 is 28.7 Å². The van der Waals surface area contributed by atoms with Crippen LogP contribution >= 0.6 is 0 Å². The molecule has 0 amide bonds. The van der Waals surface area contributed by atoms with Crippen molar-refractivity contribution in [1.29, 1.82) is 0 Å². The number of hydrogen-bond donors (Lipinski definition) is 1. The van der Waals surface area contributed by atoms with Gasteiger partial charge in [0.15, 0.2) is 5.78 Å². The van der Waals surface area contributed by atoms with Gasteiger partial charge in [-0.1, -0.05) is 207 Å². The summed E-state index contributed by atoms with van der Waals surface area (Å²) in [5.41, 5.74) is -2.82. The quantitative estimate of drug-likeness (QED) is 0.0299. The number of carbonyl (C=O) groups excluding carboxylic acids is 3. The lowest BCUT2D eigenvalue weighted by Gasteiger charge is -2.20. The second-order valence-corrected chi connectivity index (χ2v) is 15.5. The molecule has 0 saturated heterocycles. The fraction of sp³-hybridized carbons (Fsp3) is 0.907. The first kappa shape index (κ1) is 46.1. The second kappa shape index (κ2) is 29.6. The highest BCUT2D eigenvalue weighted by molar-refractivity contribution is 6.23. The van der Waals surface area contributed by atoms with Crippen LogP contribution in [0.25, 0.3) is 0 Å². The van der Waals surface area contributed by atoms with E-state index in [0.717, 1.165) is 57.8 Å². The predicted molar refractivity (Wildman–Crippen MR) is 204 cm³/mol. The summed E-state index contributed by atoms with van der Waals surface area (Å²) in [5.74, 6) is -2.91. The lowest BCUT2D eigenvalue weighted by Crippen LogP contribution is -2.29. The Kier molecular flexibility index (Phi) is 27.3. The first-order valence-corrected chi connectivity index (χ1v) is 21.5. The molecule has 7 heteroatoms. The van der Waals surface area contributed by atoms with Gasteiger partial charge in [-0.3, -0.25) is 9.59 Å². The van der Waals surface area contributed by atoms with Crippen LogP contribution in [0, 0.1) is 10.8 Å². The average Bonchev–Trinajstić information content (AvgIpc) is 3.60. The van der Waals surface area contributed by atoms with Gasteiger partial charge in [0.1, 0.15) is 5.41 Å². The normalized spacial score (nSPS) is 18.3. The fourth-order valence-corrected chi connectivity index (χ4v) is 7.93. The van der Waals surface area contributed by atoms with Gasteiger partial charge in [0.25, 0.3) is 0 Å². The number of hydrogen-bond acceptors (Lipinski definition) is 6. The Morgan fingerprint density at radius 1 is 0.480 bits per heavy atom. The van der Waals surface area contributed by atoms with E-state index in [2.05, 4.69) is 20.8 Å². The molecule has 0 aliphatic heterocycles. The molecule has 1 aliphatic carbocycles. The van der Waals surface area contributed by atoms with E-state index in [1.807, 2.05) is 0 Å². The van der Waals surface area contributed by atoms with Gasteiger partial charge in [0, 0.05) is 0 Å². The number of unbranched alkanes of at least 4 members (excludes halogenated alkanes) is 27. The largest absolute Gasteiger partial charge is 0.481 e. The van der Waals surface area contributed by atoms with E-state index in [0.29, 0.717) is 25.7 Å². The van der Waals surface area contributed by atoms with Crippen molar-refractivity contribution in [3.63, 3.8) is 0 Å². The molecule has 0 spiro atoms. The number of aliphatic carboxylic acids is 1. The Morgan fingerprint density at radius 3 is 1.20 bits per heavy atom. The van der Waals surface area contributed by atoms with E-state index in [-0.39, 0.29) is 25.0 Å². The van der Waals surface area contributed by atoms with Crippen molar-refractivity contribution >= 4 is 23.7 Å². The molecule has 1 saturated carbocycles. The van der Waals surface area contributed by atoms with E-state index >= 15 is 0 Å². The number of Topliss-reactive ketones (excluding diaryl/α,β-unsaturated/α-hetero) is 1. The maximum absolute atomic E-state index is 13.7. The third kappa shape index (κ3) is 18.5. The second-order valence-electron chi connectivity index (χ2n) is 15.5. The molecule has 1 N–H and O–H groups in total. The minimum absolute atomic E-state index is 0.155. The zero-order chi connectivity index (χ0) is 36.8. The summed E-state index contributed by atoms with van der Waals surface area (Å²) in [4.78, 5) is 62.0. The topological polar surface area (TPSA) is 107 Å². The molecule has 0 bridgehead atoms. The van der Waals surface area contributed by atoms with E-state index in [9.17, 15) is 24.3 Å². The zero-order valence-corrected chi connectivity index (χ0v) is 32.9. The molecule has 2 atom stereocenters. The lowest BCUT2D eigenvalue weighted by atomic mass is 9.81. The Bertz CT molecular complexity index is 902. The molecular weight excluding hydrogens is 628 g/mol. The maximum Gasteiger partial charge on any atom is 0.370 e. The SMILES string of the molecule is CCCCCCCCCCCCCC(=O)OOC(=O)C1(CCCCCCCCCCCC)C(=O)C1(CCCCCCCCCCC)CC(=O)O. The molecule has 0 aromatic heterocycles. The van der Waals surface area contributed by atoms with Crippen LogP contribution in [0.4, 0.5) is 0 Å². The Labute approximate surface area is 307 Å². The third-order valence-electron chi connectivity index (χ3n) is 11.2. The molecule has 0 aromatic rings. The van der Waals surface area contributed by atoms with Crippen LogP contribution in [0.2, 0.25) is 0 Å². The van der Waals surface area contributed by atoms with E-state index in [1.54, 1.807) is 0 Å². The van der Waals surface area contributed by atoms with E-state index in [1.165, 1.54) is 116 Å². The minimum Gasteiger partial charge on any atom is -0.481 e. The van der Waals surface area contributed by atoms with Gasteiger partial charge in [-0.05, 0) is 19.3 Å². The fourth-order valence-electron chi connectivity index (χ4n) is 7.93. The van der Waals surface area contributed by atoms with Gasteiger partial charge in [0.05, 0.1) is 18.3 Å².